The van der Waals surface area contributed by atoms with Crippen LogP contribution in [0, 0.1) is 0 Å². The number of aryl methyl sites for hydroxylation is 2. The van der Waals surface area contributed by atoms with Crippen molar-refractivity contribution in [2.45, 2.75) is 25.3 Å². The Balaban J connectivity index is 1.48. The zero-order valence-electron chi connectivity index (χ0n) is 13.7. The fourth-order valence-corrected chi connectivity index (χ4v) is 3.55. The molecule has 0 amide bonds. The lowest BCUT2D eigenvalue weighted by molar-refractivity contribution is 0.199. The molecule has 0 unspecified atom stereocenters. The van der Waals surface area contributed by atoms with Crippen molar-refractivity contribution in [1.82, 2.24) is 29.2 Å². The summed E-state index contributed by atoms with van der Waals surface area (Å²) in [5.74, 6) is 0.533. The van der Waals surface area contributed by atoms with Crippen LogP contribution in [0.4, 0.5) is 0 Å². The van der Waals surface area contributed by atoms with Crippen LogP contribution in [0.25, 0.3) is 11.0 Å². The number of aromatic nitrogens is 5. The van der Waals surface area contributed by atoms with Crippen LogP contribution < -0.4 is 0 Å². The summed E-state index contributed by atoms with van der Waals surface area (Å²) < 4.78 is 4.01. The minimum absolute atomic E-state index is 0.533. The lowest BCUT2D eigenvalue weighted by Gasteiger charge is -2.31. The third-order valence-corrected chi connectivity index (χ3v) is 4.90. The van der Waals surface area contributed by atoms with E-state index in [9.17, 15) is 0 Å². The largest absolute Gasteiger partial charge is 0.337 e. The number of hydrogen-bond donors (Lipinski definition) is 0. The Bertz CT molecular complexity index is 809. The molecule has 6 heteroatoms. The molecule has 0 saturated carbocycles. The van der Waals surface area contributed by atoms with Gasteiger partial charge in [0, 0.05) is 44.3 Å². The Morgan fingerprint density at radius 1 is 1.22 bits per heavy atom. The van der Waals surface area contributed by atoms with Gasteiger partial charge in [-0.05, 0) is 38.1 Å². The maximum atomic E-state index is 4.75. The summed E-state index contributed by atoms with van der Waals surface area (Å²) in [7, 11) is 4.04. The quantitative estimate of drug-likeness (QED) is 0.743. The number of hydrogen-bond acceptors (Lipinski definition) is 4. The second kappa shape index (κ2) is 5.77. The monoisotopic (exact) mass is 310 g/mol. The molecule has 4 heterocycles. The van der Waals surface area contributed by atoms with Crippen LogP contribution in [0.15, 0.2) is 30.9 Å². The molecular weight excluding hydrogens is 288 g/mol. The first-order valence-corrected chi connectivity index (χ1v) is 8.17. The normalized spacial score (nSPS) is 17.1. The molecule has 1 aliphatic rings. The summed E-state index contributed by atoms with van der Waals surface area (Å²) in [6, 6.07) is 4.15. The van der Waals surface area contributed by atoms with E-state index in [-0.39, 0.29) is 0 Å². The summed E-state index contributed by atoms with van der Waals surface area (Å²) in [5.41, 5.74) is 3.48. The molecule has 6 nitrogen and oxygen atoms in total. The lowest BCUT2D eigenvalue weighted by Crippen LogP contribution is -2.33. The number of nitrogens with zero attached hydrogens (tertiary/aromatic N) is 6. The van der Waals surface area contributed by atoms with Crippen molar-refractivity contribution in [1.29, 1.82) is 0 Å². The van der Waals surface area contributed by atoms with Crippen molar-refractivity contribution >= 4 is 11.0 Å². The second-order valence-corrected chi connectivity index (χ2v) is 6.43. The minimum Gasteiger partial charge on any atom is -0.337 e. The maximum Gasteiger partial charge on any atom is 0.157 e. The van der Waals surface area contributed by atoms with Crippen LogP contribution in [-0.4, -0.2) is 42.3 Å². The Kier molecular flexibility index (Phi) is 3.61. The molecule has 4 rings (SSSR count). The van der Waals surface area contributed by atoms with Gasteiger partial charge in [-0.2, -0.15) is 5.10 Å². The van der Waals surface area contributed by atoms with Gasteiger partial charge in [0.15, 0.2) is 5.65 Å². The molecule has 3 aromatic rings. The van der Waals surface area contributed by atoms with Crippen LogP contribution in [0.1, 0.15) is 30.1 Å². The van der Waals surface area contributed by atoms with Gasteiger partial charge in [-0.25, -0.2) is 9.97 Å². The average Bonchev–Trinajstić information content (AvgIpc) is 3.13. The minimum atomic E-state index is 0.533. The van der Waals surface area contributed by atoms with E-state index in [0.29, 0.717) is 5.92 Å². The van der Waals surface area contributed by atoms with Gasteiger partial charge in [-0.1, -0.05) is 0 Å². The highest BCUT2D eigenvalue weighted by atomic mass is 15.3. The van der Waals surface area contributed by atoms with Gasteiger partial charge in [0.2, 0.25) is 0 Å². The van der Waals surface area contributed by atoms with Crippen LogP contribution in [0.3, 0.4) is 0 Å². The highest BCUT2D eigenvalue weighted by molar-refractivity contribution is 5.78. The predicted octanol–water partition coefficient (Wildman–Crippen LogP) is 2.08. The summed E-state index contributed by atoms with van der Waals surface area (Å²) in [6.45, 7) is 3.19. The molecule has 0 radical (unpaired) electrons. The van der Waals surface area contributed by atoms with Gasteiger partial charge in [0.1, 0.15) is 0 Å². The average molecular weight is 310 g/mol. The van der Waals surface area contributed by atoms with Crippen molar-refractivity contribution in [3.05, 3.63) is 42.2 Å². The summed E-state index contributed by atoms with van der Waals surface area (Å²) in [5, 5.41) is 5.96. The number of pyridine rings is 1. The van der Waals surface area contributed by atoms with E-state index in [2.05, 4.69) is 32.5 Å². The number of likely N-dealkylation sites (tertiary alicyclic amines) is 1. The molecule has 23 heavy (non-hydrogen) atoms. The fraction of sp³-hybridized carbons (Fsp3) is 0.471. The molecule has 0 atom stereocenters. The van der Waals surface area contributed by atoms with Crippen molar-refractivity contribution in [3.63, 3.8) is 0 Å². The molecule has 1 saturated heterocycles. The van der Waals surface area contributed by atoms with Crippen LogP contribution in [0.2, 0.25) is 0 Å². The zero-order chi connectivity index (χ0) is 15.8. The van der Waals surface area contributed by atoms with E-state index in [1.165, 1.54) is 16.8 Å². The summed E-state index contributed by atoms with van der Waals surface area (Å²) >= 11 is 0. The SMILES string of the molecule is Cn1cncc1CN1CCC(c2nn(C)c3ncccc23)CC1. The molecule has 0 bridgehead atoms. The van der Waals surface area contributed by atoms with Gasteiger partial charge < -0.3 is 4.57 Å². The smallest absolute Gasteiger partial charge is 0.157 e. The highest BCUT2D eigenvalue weighted by Gasteiger charge is 2.25. The van der Waals surface area contributed by atoms with E-state index in [4.69, 9.17) is 5.10 Å². The van der Waals surface area contributed by atoms with E-state index < -0.39 is 0 Å². The van der Waals surface area contributed by atoms with E-state index in [1.807, 2.05) is 36.5 Å². The zero-order valence-corrected chi connectivity index (χ0v) is 13.7. The molecular formula is C17H22N6. The van der Waals surface area contributed by atoms with Crippen LogP contribution in [0.5, 0.6) is 0 Å². The molecule has 0 aliphatic carbocycles. The molecule has 0 aromatic carbocycles. The van der Waals surface area contributed by atoms with Crippen LogP contribution >= 0.6 is 0 Å². The van der Waals surface area contributed by atoms with E-state index >= 15 is 0 Å². The van der Waals surface area contributed by atoms with Gasteiger partial charge in [-0.15, -0.1) is 0 Å². The standard InChI is InChI=1S/C17H22N6/c1-21-12-18-10-14(21)11-23-8-5-13(6-9-23)16-15-4-3-7-19-17(15)22(2)20-16/h3-4,7,10,12-13H,5-6,8-9,11H2,1-2H3. The van der Waals surface area contributed by atoms with Gasteiger partial charge in [-0.3, -0.25) is 9.58 Å². The highest BCUT2D eigenvalue weighted by Crippen LogP contribution is 2.31. The number of rotatable bonds is 3. The van der Waals surface area contributed by atoms with Gasteiger partial charge in [0.05, 0.1) is 17.7 Å². The number of piperidine rings is 1. The van der Waals surface area contributed by atoms with Crippen molar-refractivity contribution in [3.8, 4) is 0 Å². The Labute approximate surface area is 135 Å². The van der Waals surface area contributed by atoms with Gasteiger partial charge in [0.25, 0.3) is 0 Å². The first-order valence-electron chi connectivity index (χ1n) is 8.17. The molecule has 1 fully saturated rings. The third-order valence-electron chi connectivity index (χ3n) is 4.90. The molecule has 3 aromatic heterocycles. The number of fused-ring (bicyclic) bond motifs is 1. The first-order chi connectivity index (χ1) is 11.2. The Morgan fingerprint density at radius 3 is 2.78 bits per heavy atom. The second-order valence-electron chi connectivity index (χ2n) is 6.43. The first kappa shape index (κ1) is 14.4. The topological polar surface area (TPSA) is 51.8 Å². The fourth-order valence-electron chi connectivity index (χ4n) is 3.55. The lowest BCUT2D eigenvalue weighted by atomic mass is 9.92. The van der Waals surface area contributed by atoms with Crippen LogP contribution in [-0.2, 0) is 20.6 Å². The van der Waals surface area contributed by atoms with E-state index in [0.717, 1.165) is 38.1 Å². The Hall–Kier alpha value is -2.21. The number of imidazole rings is 1. The summed E-state index contributed by atoms with van der Waals surface area (Å²) in [6.07, 6.45) is 7.97. The molecule has 1 aliphatic heterocycles. The molecule has 120 valence electrons. The van der Waals surface area contributed by atoms with Gasteiger partial charge >= 0.3 is 0 Å². The van der Waals surface area contributed by atoms with Crippen molar-refractivity contribution in [2.24, 2.45) is 14.1 Å². The van der Waals surface area contributed by atoms with E-state index in [1.54, 1.807) is 0 Å². The predicted molar refractivity (Wildman–Crippen MR) is 89.0 cm³/mol. The summed E-state index contributed by atoms with van der Waals surface area (Å²) in [4.78, 5) is 11.2. The van der Waals surface area contributed by atoms with Crippen molar-refractivity contribution in [2.75, 3.05) is 13.1 Å². The third kappa shape index (κ3) is 2.63. The Morgan fingerprint density at radius 2 is 2.04 bits per heavy atom. The molecule has 0 N–H and O–H groups in total. The van der Waals surface area contributed by atoms with Crippen molar-refractivity contribution < 1.29 is 0 Å². The molecule has 0 spiro atoms. The maximum absolute atomic E-state index is 4.75.